The number of hydrogen-bond acceptors (Lipinski definition) is 4. The number of nitrogens with zero attached hydrogens (tertiary/aromatic N) is 2. The van der Waals surface area contributed by atoms with Crippen LogP contribution in [-0.4, -0.2) is 16.1 Å². The van der Waals surface area contributed by atoms with Crippen molar-refractivity contribution < 1.29 is 9.21 Å². The predicted octanol–water partition coefficient (Wildman–Crippen LogP) is 4.40. The molecule has 0 aliphatic carbocycles. The van der Waals surface area contributed by atoms with Gasteiger partial charge in [0.2, 0.25) is 5.89 Å². The zero-order chi connectivity index (χ0) is 15.5. The molecule has 0 spiro atoms. The molecule has 0 fully saturated rings. The van der Waals surface area contributed by atoms with E-state index in [-0.39, 0.29) is 11.9 Å². The van der Waals surface area contributed by atoms with Crippen LogP contribution in [0, 0.1) is 0 Å². The van der Waals surface area contributed by atoms with Crippen molar-refractivity contribution in [3.63, 3.8) is 0 Å². The lowest BCUT2D eigenvalue weighted by atomic mass is 10.2. The Kier molecular flexibility index (Phi) is 4.22. The smallest absolute Gasteiger partial charge is 0.322 e. The maximum absolute atomic E-state index is 12.1. The summed E-state index contributed by atoms with van der Waals surface area (Å²) >= 11 is 9.21. The molecule has 22 heavy (non-hydrogen) atoms. The Balaban J connectivity index is 1.77. The van der Waals surface area contributed by atoms with Crippen LogP contribution in [0.25, 0.3) is 11.5 Å². The quantitative estimate of drug-likeness (QED) is 0.733. The molecule has 0 radical (unpaired) electrons. The molecule has 1 amide bonds. The first-order valence-electron chi connectivity index (χ1n) is 6.28. The number of benzene rings is 2. The summed E-state index contributed by atoms with van der Waals surface area (Å²) in [6.45, 7) is 0. The highest BCUT2D eigenvalue weighted by Gasteiger charge is 2.13. The third-order valence-electron chi connectivity index (χ3n) is 2.82. The molecule has 110 valence electrons. The fraction of sp³-hybridized carbons (Fsp3) is 0. The minimum Gasteiger partial charge on any atom is -0.403 e. The van der Waals surface area contributed by atoms with Crippen LogP contribution in [0.2, 0.25) is 5.02 Å². The van der Waals surface area contributed by atoms with E-state index < -0.39 is 0 Å². The summed E-state index contributed by atoms with van der Waals surface area (Å²) < 4.78 is 6.38. The molecule has 7 heteroatoms. The van der Waals surface area contributed by atoms with Crippen molar-refractivity contribution in [1.29, 1.82) is 0 Å². The number of amides is 1. The van der Waals surface area contributed by atoms with Gasteiger partial charge in [0.25, 0.3) is 5.91 Å². The zero-order valence-corrected chi connectivity index (χ0v) is 13.4. The summed E-state index contributed by atoms with van der Waals surface area (Å²) in [7, 11) is 0. The Hall–Kier alpha value is -2.18. The first-order chi connectivity index (χ1) is 10.6. The number of carbonyl (C=O) groups excluding carboxylic acids is 1. The molecular weight excluding hydrogens is 370 g/mol. The fourth-order valence-corrected chi connectivity index (χ4v) is 2.24. The number of aromatic nitrogens is 2. The standard InChI is InChI=1S/C15H9BrClN3O2/c16-11-6-4-9(5-7-11)14-19-20-15(22-14)18-13(21)10-2-1-3-12(17)8-10/h1-8H,(H,18,20,21). The van der Waals surface area contributed by atoms with Crippen molar-refractivity contribution >= 4 is 39.5 Å². The number of halogens is 2. The molecule has 0 aliphatic rings. The molecule has 0 atom stereocenters. The van der Waals surface area contributed by atoms with Crippen LogP contribution in [0.5, 0.6) is 0 Å². The van der Waals surface area contributed by atoms with Crippen molar-refractivity contribution in [2.75, 3.05) is 5.32 Å². The molecule has 2 aromatic carbocycles. The predicted molar refractivity (Wildman–Crippen MR) is 86.8 cm³/mol. The van der Waals surface area contributed by atoms with Gasteiger partial charge >= 0.3 is 6.01 Å². The van der Waals surface area contributed by atoms with Gasteiger partial charge in [-0.15, -0.1) is 5.10 Å². The van der Waals surface area contributed by atoms with Crippen molar-refractivity contribution in [3.05, 3.63) is 63.6 Å². The number of carbonyl (C=O) groups is 1. The van der Waals surface area contributed by atoms with E-state index in [1.54, 1.807) is 24.3 Å². The molecule has 1 heterocycles. The molecule has 1 N–H and O–H groups in total. The molecule has 0 unspecified atom stereocenters. The lowest BCUT2D eigenvalue weighted by Gasteiger charge is -2.00. The first-order valence-corrected chi connectivity index (χ1v) is 7.45. The lowest BCUT2D eigenvalue weighted by Crippen LogP contribution is -2.11. The molecule has 3 rings (SSSR count). The van der Waals surface area contributed by atoms with E-state index in [1.165, 1.54) is 0 Å². The van der Waals surface area contributed by atoms with Gasteiger partial charge in [0.05, 0.1) is 0 Å². The van der Waals surface area contributed by atoms with Crippen molar-refractivity contribution in [1.82, 2.24) is 10.2 Å². The van der Waals surface area contributed by atoms with Crippen molar-refractivity contribution in [2.45, 2.75) is 0 Å². The number of anilines is 1. The second kappa shape index (κ2) is 6.29. The van der Waals surface area contributed by atoms with Gasteiger partial charge in [0, 0.05) is 20.6 Å². The maximum Gasteiger partial charge on any atom is 0.322 e. The SMILES string of the molecule is O=C(Nc1nnc(-c2ccc(Br)cc2)o1)c1cccc(Cl)c1. The third-order valence-corrected chi connectivity index (χ3v) is 3.59. The average molecular weight is 379 g/mol. The molecule has 3 aromatic rings. The van der Waals surface area contributed by atoms with E-state index in [0.29, 0.717) is 16.5 Å². The Morgan fingerprint density at radius 1 is 1.14 bits per heavy atom. The van der Waals surface area contributed by atoms with Crippen LogP contribution >= 0.6 is 27.5 Å². The molecule has 1 aromatic heterocycles. The van der Waals surface area contributed by atoms with E-state index >= 15 is 0 Å². The van der Waals surface area contributed by atoms with Gasteiger partial charge in [-0.1, -0.05) is 38.7 Å². The van der Waals surface area contributed by atoms with Gasteiger partial charge in [-0.25, -0.2) is 0 Å². The summed E-state index contributed by atoms with van der Waals surface area (Å²) in [6.07, 6.45) is 0. The number of rotatable bonds is 3. The first kappa shape index (κ1) is 14.7. The van der Waals surface area contributed by atoms with E-state index in [4.69, 9.17) is 16.0 Å². The lowest BCUT2D eigenvalue weighted by molar-refractivity contribution is 0.102. The van der Waals surface area contributed by atoms with E-state index in [0.717, 1.165) is 10.0 Å². The van der Waals surface area contributed by atoms with Crippen LogP contribution in [0.1, 0.15) is 10.4 Å². The Morgan fingerprint density at radius 2 is 1.91 bits per heavy atom. The fourth-order valence-electron chi connectivity index (χ4n) is 1.78. The number of hydrogen-bond donors (Lipinski definition) is 1. The molecule has 0 bridgehead atoms. The monoisotopic (exact) mass is 377 g/mol. The van der Waals surface area contributed by atoms with Gasteiger partial charge < -0.3 is 4.42 Å². The summed E-state index contributed by atoms with van der Waals surface area (Å²) in [5, 5.41) is 10.7. The second-order valence-corrected chi connectivity index (χ2v) is 5.74. The molecule has 5 nitrogen and oxygen atoms in total. The Morgan fingerprint density at radius 3 is 2.64 bits per heavy atom. The van der Waals surface area contributed by atoms with Gasteiger partial charge in [-0.05, 0) is 42.5 Å². The Bertz CT molecular complexity index is 818. The second-order valence-electron chi connectivity index (χ2n) is 4.38. The van der Waals surface area contributed by atoms with Crippen LogP contribution < -0.4 is 5.32 Å². The van der Waals surface area contributed by atoms with Crippen LogP contribution in [0.15, 0.2) is 57.4 Å². The third kappa shape index (κ3) is 3.35. The largest absolute Gasteiger partial charge is 0.403 e. The Labute approximate surface area is 139 Å². The summed E-state index contributed by atoms with van der Waals surface area (Å²) in [5.74, 6) is -0.0394. The van der Waals surface area contributed by atoms with Crippen LogP contribution in [0.3, 0.4) is 0 Å². The van der Waals surface area contributed by atoms with Gasteiger partial charge in [0.15, 0.2) is 0 Å². The van der Waals surface area contributed by atoms with Gasteiger partial charge in [-0.3, -0.25) is 10.1 Å². The van der Waals surface area contributed by atoms with Gasteiger partial charge in [0.1, 0.15) is 0 Å². The molecule has 0 saturated carbocycles. The highest BCUT2D eigenvalue weighted by atomic mass is 79.9. The highest BCUT2D eigenvalue weighted by molar-refractivity contribution is 9.10. The van der Waals surface area contributed by atoms with Crippen molar-refractivity contribution in [3.8, 4) is 11.5 Å². The normalized spacial score (nSPS) is 10.5. The number of nitrogens with one attached hydrogen (secondary N) is 1. The molecule has 0 saturated heterocycles. The molecule has 0 aliphatic heterocycles. The van der Waals surface area contributed by atoms with Crippen molar-refractivity contribution in [2.24, 2.45) is 0 Å². The van der Waals surface area contributed by atoms with Gasteiger partial charge in [-0.2, -0.15) is 0 Å². The summed E-state index contributed by atoms with van der Waals surface area (Å²) in [6, 6.07) is 14.0. The minimum absolute atomic E-state index is 0.0305. The molecular formula is C15H9BrClN3O2. The highest BCUT2D eigenvalue weighted by Crippen LogP contribution is 2.22. The maximum atomic E-state index is 12.1. The summed E-state index contributed by atoms with van der Waals surface area (Å²) in [5.41, 5.74) is 1.18. The summed E-state index contributed by atoms with van der Waals surface area (Å²) in [4.78, 5) is 12.1. The van der Waals surface area contributed by atoms with Crippen LogP contribution in [-0.2, 0) is 0 Å². The van der Waals surface area contributed by atoms with Crippen LogP contribution in [0.4, 0.5) is 6.01 Å². The van der Waals surface area contributed by atoms with E-state index in [1.807, 2.05) is 24.3 Å². The van der Waals surface area contributed by atoms with E-state index in [9.17, 15) is 4.79 Å². The van der Waals surface area contributed by atoms with E-state index in [2.05, 4.69) is 31.4 Å². The zero-order valence-electron chi connectivity index (χ0n) is 11.1. The minimum atomic E-state index is -0.367. The average Bonchev–Trinajstić information content (AvgIpc) is 2.96. The topological polar surface area (TPSA) is 68.0 Å².